The number of hydrogen-bond acceptors (Lipinski definition) is 3. The Morgan fingerprint density at radius 2 is 1.57 bits per heavy atom. The van der Waals surface area contributed by atoms with Crippen LogP contribution in [0.5, 0.6) is 0 Å². The zero-order chi connectivity index (χ0) is 20.8. The van der Waals surface area contributed by atoms with E-state index in [1.165, 1.54) is 11.1 Å². The van der Waals surface area contributed by atoms with E-state index in [1.807, 2.05) is 34.1 Å². The molecular weight excluding hydrogens is 374 g/mol. The fourth-order valence-corrected chi connectivity index (χ4v) is 4.51. The van der Waals surface area contributed by atoms with Gasteiger partial charge in [0.2, 0.25) is 11.8 Å². The van der Waals surface area contributed by atoms with E-state index in [2.05, 4.69) is 41.3 Å². The number of rotatable bonds is 6. The van der Waals surface area contributed by atoms with E-state index in [1.54, 1.807) is 0 Å². The molecule has 0 N–H and O–H groups in total. The number of nitrogens with zero attached hydrogens (tertiary/aromatic N) is 3. The van der Waals surface area contributed by atoms with Crippen molar-refractivity contribution in [3.8, 4) is 0 Å². The Hall–Kier alpha value is -2.66. The van der Waals surface area contributed by atoms with Crippen LogP contribution in [0.1, 0.15) is 24.0 Å². The number of likely N-dealkylation sites (tertiary alicyclic amines) is 1. The van der Waals surface area contributed by atoms with Crippen LogP contribution in [0, 0.1) is 5.92 Å². The van der Waals surface area contributed by atoms with Crippen molar-refractivity contribution in [2.45, 2.75) is 25.8 Å². The van der Waals surface area contributed by atoms with Crippen molar-refractivity contribution in [3.05, 3.63) is 71.8 Å². The molecule has 1 atom stereocenters. The summed E-state index contributed by atoms with van der Waals surface area (Å²) in [7, 11) is 0. The highest BCUT2D eigenvalue weighted by atomic mass is 16.2. The number of amides is 2. The normalized spacial score (nSPS) is 20.4. The highest BCUT2D eigenvalue weighted by Gasteiger charge is 2.36. The lowest BCUT2D eigenvalue weighted by Crippen LogP contribution is -2.40. The average Bonchev–Trinajstić information content (AvgIpc) is 2.99. The van der Waals surface area contributed by atoms with Gasteiger partial charge in [0, 0.05) is 52.2 Å². The van der Waals surface area contributed by atoms with Crippen LogP contribution in [0.25, 0.3) is 0 Å². The van der Waals surface area contributed by atoms with Gasteiger partial charge in [-0.15, -0.1) is 0 Å². The lowest BCUT2D eigenvalue weighted by atomic mass is 10.1. The van der Waals surface area contributed by atoms with Gasteiger partial charge in [-0.1, -0.05) is 60.7 Å². The van der Waals surface area contributed by atoms with Crippen molar-refractivity contribution < 1.29 is 9.59 Å². The number of carbonyl (C=O) groups excluding carboxylic acids is 2. The molecule has 158 valence electrons. The van der Waals surface area contributed by atoms with Crippen LogP contribution in [0.2, 0.25) is 0 Å². The van der Waals surface area contributed by atoms with E-state index >= 15 is 0 Å². The van der Waals surface area contributed by atoms with Crippen molar-refractivity contribution in [1.82, 2.24) is 14.7 Å². The first-order chi connectivity index (χ1) is 14.7. The second-order valence-electron chi connectivity index (χ2n) is 8.42. The van der Waals surface area contributed by atoms with Gasteiger partial charge in [-0.2, -0.15) is 0 Å². The van der Waals surface area contributed by atoms with E-state index in [0.29, 0.717) is 19.5 Å². The van der Waals surface area contributed by atoms with Gasteiger partial charge >= 0.3 is 0 Å². The fourth-order valence-electron chi connectivity index (χ4n) is 4.51. The predicted octanol–water partition coefficient (Wildman–Crippen LogP) is 2.81. The molecule has 30 heavy (non-hydrogen) atoms. The van der Waals surface area contributed by atoms with Crippen molar-refractivity contribution in [3.63, 3.8) is 0 Å². The standard InChI is InChI=1S/C25H31N3O2/c29-24-18-23(20-28(24)15-12-21-8-3-1-4-9-21)25(30)27-14-7-13-26(16-17-27)19-22-10-5-2-6-11-22/h1-6,8-11,23H,7,12-20H2. The van der Waals surface area contributed by atoms with Gasteiger partial charge < -0.3 is 9.80 Å². The molecule has 4 rings (SSSR count). The molecule has 5 heteroatoms. The van der Waals surface area contributed by atoms with Crippen LogP contribution in [-0.2, 0) is 22.6 Å². The number of benzene rings is 2. The Labute approximate surface area is 179 Å². The molecule has 0 aliphatic carbocycles. The molecule has 2 aromatic rings. The molecule has 1 unspecified atom stereocenters. The summed E-state index contributed by atoms with van der Waals surface area (Å²) >= 11 is 0. The van der Waals surface area contributed by atoms with Gasteiger partial charge in [0.05, 0.1) is 5.92 Å². The molecule has 2 aliphatic rings. The molecule has 5 nitrogen and oxygen atoms in total. The largest absolute Gasteiger partial charge is 0.342 e. The highest BCUT2D eigenvalue weighted by molar-refractivity contribution is 5.89. The maximum atomic E-state index is 13.1. The first-order valence-corrected chi connectivity index (χ1v) is 11.1. The summed E-state index contributed by atoms with van der Waals surface area (Å²) in [6.45, 7) is 5.62. The zero-order valence-corrected chi connectivity index (χ0v) is 17.6. The Morgan fingerprint density at radius 1 is 0.867 bits per heavy atom. The summed E-state index contributed by atoms with van der Waals surface area (Å²) in [4.78, 5) is 31.9. The first-order valence-electron chi connectivity index (χ1n) is 11.1. The summed E-state index contributed by atoms with van der Waals surface area (Å²) < 4.78 is 0. The summed E-state index contributed by atoms with van der Waals surface area (Å²) in [5.74, 6) is 0.0888. The molecule has 2 amide bonds. The zero-order valence-electron chi connectivity index (χ0n) is 17.6. The lowest BCUT2D eigenvalue weighted by Gasteiger charge is -2.24. The van der Waals surface area contributed by atoms with Crippen molar-refractivity contribution in [1.29, 1.82) is 0 Å². The smallest absolute Gasteiger partial charge is 0.228 e. The highest BCUT2D eigenvalue weighted by Crippen LogP contribution is 2.22. The second-order valence-corrected chi connectivity index (χ2v) is 8.42. The van der Waals surface area contributed by atoms with Gasteiger partial charge in [0.15, 0.2) is 0 Å². The van der Waals surface area contributed by atoms with Crippen LogP contribution >= 0.6 is 0 Å². The van der Waals surface area contributed by atoms with Gasteiger partial charge in [0.1, 0.15) is 0 Å². The van der Waals surface area contributed by atoms with Crippen molar-refractivity contribution in [2.75, 3.05) is 39.3 Å². The molecule has 2 fully saturated rings. The predicted molar refractivity (Wildman–Crippen MR) is 118 cm³/mol. The van der Waals surface area contributed by atoms with E-state index in [0.717, 1.165) is 45.6 Å². The summed E-state index contributed by atoms with van der Waals surface area (Å²) in [6, 6.07) is 20.7. The third kappa shape index (κ3) is 5.28. The van der Waals surface area contributed by atoms with Gasteiger partial charge in [-0.05, 0) is 24.0 Å². The minimum absolute atomic E-state index is 0.116. The van der Waals surface area contributed by atoms with Gasteiger partial charge in [0.25, 0.3) is 0 Å². The van der Waals surface area contributed by atoms with E-state index in [4.69, 9.17) is 0 Å². The molecule has 0 spiro atoms. The van der Waals surface area contributed by atoms with E-state index in [9.17, 15) is 9.59 Å². The topological polar surface area (TPSA) is 43.9 Å². The molecular formula is C25H31N3O2. The molecule has 2 heterocycles. The second kappa shape index (κ2) is 9.90. The lowest BCUT2D eigenvalue weighted by molar-refractivity contribution is -0.135. The van der Waals surface area contributed by atoms with Gasteiger partial charge in [-0.3, -0.25) is 14.5 Å². The molecule has 0 bridgehead atoms. The monoisotopic (exact) mass is 405 g/mol. The van der Waals surface area contributed by atoms with Crippen LogP contribution in [-0.4, -0.2) is 65.8 Å². The van der Waals surface area contributed by atoms with Crippen molar-refractivity contribution >= 4 is 11.8 Å². The minimum atomic E-state index is -0.186. The van der Waals surface area contributed by atoms with E-state index in [-0.39, 0.29) is 17.7 Å². The van der Waals surface area contributed by atoms with Crippen molar-refractivity contribution in [2.24, 2.45) is 5.92 Å². The van der Waals surface area contributed by atoms with Crippen LogP contribution in [0.3, 0.4) is 0 Å². The average molecular weight is 406 g/mol. The summed E-state index contributed by atoms with van der Waals surface area (Å²) in [5, 5.41) is 0. The Morgan fingerprint density at radius 3 is 2.30 bits per heavy atom. The maximum absolute atomic E-state index is 13.1. The Balaban J connectivity index is 1.27. The fraction of sp³-hybridized carbons (Fsp3) is 0.440. The third-order valence-corrected chi connectivity index (χ3v) is 6.23. The number of hydrogen-bond donors (Lipinski definition) is 0. The van der Waals surface area contributed by atoms with Gasteiger partial charge in [-0.25, -0.2) is 0 Å². The molecule has 2 saturated heterocycles. The Kier molecular flexibility index (Phi) is 6.80. The SMILES string of the molecule is O=C1CC(C(=O)N2CCCN(Cc3ccccc3)CC2)CN1CCc1ccccc1. The quantitative estimate of drug-likeness (QED) is 0.742. The van der Waals surface area contributed by atoms with Crippen LogP contribution in [0.15, 0.2) is 60.7 Å². The molecule has 0 saturated carbocycles. The molecule has 2 aliphatic heterocycles. The summed E-state index contributed by atoms with van der Waals surface area (Å²) in [5.41, 5.74) is 2.54. The summed E-state index contributed by atoms with van der Waals surface area (Å²) in [6.07, 6.45) is 2.18. The minimum Gasteiger partial charge on any atom is -0.342 e. The molecule has 0 radical (unpaired) electrons. The Bertz CT molecular complexity index is 840. The molecule has 2 aromatic carbocycles. The van der Waals surface area contributed by atoms with Crippen LogP contribution in [0.4, 0.5) is 0 Å². The number of carbonyl (C=O) groups is 2. The maximum Gasteiger partial charge on any atom is 0.228 e. The first kappa shape index (κ1) is 20.6. The molecule has 0 aromatic heterocycles. The van der Waals surface area contributed by atoms with Crippen LogP contribution < -0.4 is 0 Å². The van der Waals surface area contributed by atoms with E-state index < -0.39 is 0 Å². The third-order valence-electron chi connectivity index (χ3n) is 6.23.